The molecule has 0 fully saturated rings. The molecule has 9 heteroatoms. The molecule has 144 valence electrons. The molecule has 29 heavy (non-hydrogen) atoms. The third-order valence-electron chi connectivity index (χ3n) is 4.88. The van der Waals surface area contributed by atoms with Crippen molar-refractivity contribution in [2.24, 2.45) is 7.05 Å². The molecule has 0 aliphatic carbocycles. The molecule has 0 unspecified atom stereocenters. The highest BCUT2D eigenvalue weighted by atomic mass is 79.9. The third-order valence-corrected chi connectivity index (χ3v) is 5.32. The van der Waals surface area contributed by atoms with Crippen LogP contribution in [-0.4, -0.2) is 36.8 Å². The SMILES string of the molecule is COc1ccc2[nH]cc(-c3nc(N)nnc3-c3cn(C)c4ncc(Br)cc34)c2c1. The fourth-order valence-electron chi connectivity index (χ4n) is 3.55. The predicted octanol–water partition coefficient (Wildman–Crippen LogP) is 3.93. The van der Waals surface area contributed by atoms with Gasteiger partial charge in [-0.3, -0.25) is 0 Å². The Labute approximate surface area is 173 Å². The number of rotatable bonds is 3. The van der Waals surface area contributed by atoms with Crippen molar-refractivity contribution in [3.8, 4) is 28.3 Å². The minimum absolute atomic E-state index is 0.112. The summed E-state index contributed by atoms with van der Waals surface area (Å²) in [5.74, 6) is 0.869. The molecule has 0 saturated carbocycles. The van der Waals surface area contributed by atoms with Gasteiger partial charge >= 0.3 is 0 Å². The van der Waals surface area contributed by atoms with Crippen molar-refractivity contribution >= 4 is 43.8 Å². The maximum Gasteiger partial charge on any atom is 0.240 e. The van der Waals surface area contributed by atoms with Crippen LogP contribution in [0.15, 0.2) is 47.3 Å². The number of nitrogen functional groups attached to an aromatic ring is 1. The standard InChI is InChI=1S/C20H16BrN7O/c1-28-9-15(13-5-10(21)7-24-19(13)28)18-17(25-20(22)27-26-18)14-8-23-16-4-3-11(29-2)6-12(14)16/h3-9,23H,1-2H3,(H2,22,25,27). The van der Waals surface area contributed by atoms with Crippen LogP contribution in [0.5, 0.6) is 5.75 Å². The van der Waals surface area contributed by atoms with Gasteiger partial charge in [0.05, 0.1) is 7.11 Å². The zero-order valence-corrected chi connectivity index (χ0v) is 17.2. The molecule has 5 aromatic rings. The number of anilines is 1. The first-order chi connectivity index (χ1) is 14.0. The van der Waals surface area contributed by atoms with Crippen molar-refractivity contribution in [2.45, 2.75) is 0 Å². The van der Waals surface area contributed by atoms with E-state index in [0.717, 1.165) is 43.3 Å². The Morgan fingerprint density at radius 2 is 1.97 bits per heavy atom. The number of methoxy groups -OCH3 is 1. The number of ether oxygens (including phenoxy) is 1. The highest BCUT2D eigenvalue weighted by Crippen LogP contribution is 2.38. The first-order valence-electron chi connectivity index (χ1n) is 8.82. The number of nitrogens with two attached hydrogens (primary N) is 1. The summed E-state index contributed by atoms with van der Waals surface area (Å²) in [6.45, 7) is 0. The summed E-state index contributed by atoms with van der Waals surface area (Å²) in [5, 5.41) is 10.3. The number of benzene rings is 1. The Bertz CT molecular complexity index is 1390. The lowest BCUT2D eigenvalue weighted by atomic mass is 10.0. The van der Waals surface area contributed by atoms with E-state index in [0.29, 0.717) is 11.4 Å². The van der Waals surface area contributed by atoms with E-state index in [-0.39, 0.29) is 5.95 Å². The van der Waals surface area contributed by atoms with E-state index >= 15 is 0 Å². The summed E-state index contributed by atoms with van der Waals surface area (Å²) in [5.41, 5.74) is 10.7. The number of H-pyrrole nitrogens is 1. The van der Waals surface area contributed by atoms with E-state index in [1.165, 1.54) is 0 Å². The molecule has 8 nitrogen and oxygen atoms in total. The molecule has 0 bridgehead atoms. The van der Waals surface area contributed by atoms with Crippen molar-refractivity contribution in [1.29, 1.82) is 0 Å². The van der Waals surface area contributed by atoms with Gasteiger partial charge in [-0.05, 0) is 40.2 Å². The molecule has 0 atom stereocenters. The molecule has 0 spiro atoms. The largest absolute Gasteiger partial charge is 0.497 e. The number of aromatic nitrogens is 6. The van der Waals surface area contributed by atoms with E-state index in [1.54, 1.807) is 13.3 Å². The van der Waals surface area contributed by atoms with Crippen LogP contribution in [0.3, 0.4) is 0 Å². The van der Waals surface area contributed by atoms with Gasteiger partial charge in [0.25, 0.3) is 0 Å². The second-order valence-electron chi connectivity index (χ2n) is 6.66. The number of hydrogen-bond donors (Lipinski definition) is 2. The monoisotopic (exact) mass is 449 g/mol. The second-order valence-corrected chi connectivity index (χ2v) is 7.58. The van der Waals surface area contributed by atoms with Crippen molar-refractivity contribution in [2.75, 3.05) is 12.8 Å². The topological polar surface area (TPSA) is 108 Å². The molecule has 0 saturated heterocycles. The van der Waals surface area contributed by atoms with Gasteiger partial charge < -0.3 is 20.0 Å². The Hall–Kier alpha value is -3.46. The summed E-state index contributed by atoms with van der Waals surface area (Å²) >= 11 is 3.50. The molecule has 1 aromatic carbocycles. The van der Waals surface area contributed by atoms with Crippen LogP contribution in [0.25, 0.3) is 44.5 Å². The van der Waals surface area contributed by atoms with Crippen LogP contribution in [0.4, 0.5) is 5.95 Å². The lowest BCUT2D eigenvalue weighted by molar-refractivity contribution is 0.415. The highest BCUT2D eigenvalue weighted by Gasteiger charge is 2.20. The smallest absolute Gasteiger partial charge is 0.240 e. The summed E-state index contributed by atoms with van der Waals surface area (Å²) < 4.78 is 8.23. The second kappa shape index (κ2) is 6.56. The Kier molecular flexibility index (Phi) is 3.99. The lowest BCUT2D eigenvalue weighted by Gasteiger charge is -2.07. The maximum atomic E-state index is 5.91. The van der Waals surface area contributed by atoms with Gasteiger partial charge in [-0.2, -0.15) is 0 Å². The normalized spacial score (nSPS) is 11.4. The average molecular weight is 450 g/mol. The molecule has 0 aliphatic rings. The van der Waals surface area contributed by atoms with E-state index < -0.39 is 0 Å². The number of nitrogens with zero attached hydrogens (tertiary/aromatic N) is 5. The van der Waals surface area contributed by atoms with E-state index in [4.69, 9.17) is 10.5 Å². The van der Waals surface area contributed by atoms with E-state index in [2.05, 4.69) is 41.1 Å². The summed E-state index contributed by atoms with van der Waals surface area (Å²) in [4.78, 5) is 12.3. The summed E-state index contributed by atoms with van der Waals surface area (Å²) in [6.07, 6.45) is 5.65. The van der Waals surface area contributed by atoms with Crippen LogP contribution in [0.2, 0.25) is 0 Å². The molecule has 5 rings (SSSR count). The van der Waals surface area contributed by atoms with Crippen molar-refractivity contribution in [3.63, 3.8) is 0 Å². The number of aromatic amines is 1. The van der Waals surface area contributed by atoms with Crippen LogP contribution in [-0.2, 0) is 7.05 Å². The van der Waals surface area contributed by atoms with Gasteiger partial charge in [0, 0.05) is 57.5 Å². The molecule has 4 aromatic heterocycles. The number of fused-ring (bicyclic) bond motifs is 2. The molecule has 0 radical (unpaired) electrons. The van der Waals surface area contributed by atoms with Gasteiger partial charge in [0.2, 0.25) is 5.95 Å². The van der Waals surface area contributed by atoms with Gasteiger partial charge in [0.15, 0.2) is 0 Å². The van der Waals surface area contributed by atoms with Crippen molar-refractivity contribution in [3.05, 3.63) is 47.3 Å². The van der Waals surface area contributed by atoms with Crippen LogP contribution >= 0.6 is 15.9 Å². The summed E-state index contributed by atoms with van der Waals surface area (Å²) in [7, 11) is 3.59. The lowest BCUT2D eigenvalue weighted by Crippen LogP contribution is -2.02. The Morgan fingerprint density at radius 3 is 2.79 bits per heavy atom. The van der Waals surface area contributed by atoms with Gasteiger partial charge in [-0.15, -0.1) is 10.2 Å². The number of pyridine rings is 1. The number of nitrogens with one attached hydrogen (secondary N) is 1. The fraction of sp³-hybridized carbons (Fsp3) is 0.100. The molecule has 3 N–H and O–H groups in total. The van der Waals surface area contributed by atoms with Crippen LogP contribution in [0.1, 0.15) is 0 Å². The third kappa shape index (κ3) is 2.82. The molecular formula is C20H16BrN7O. The minimum Gasteiger partial charge on any atom is -0.497 e. The molecular weight excluding hydrogens is 434 g/mol. The van der Waals surface area contributed by atoms with Crippen molar-refractivity contribution in [1.82, 2.24) is 29.7 Å². The Morgan fingerprint density at radius 1 is 1.10 bits per heavy atom. The first-order valence-corrected chi connectivity index (χ1v) is 9.61. The average Bonchev–Trinajstić information content (AvgIpc) is 3.28. The predicted molar refractivity (Wildman–Crippen MR) is 115 cm³/mol. The van der Waals surface area contributed by atoms with Gasteiger partial charge in [0.1, 0.15) is 22.8 Å². The van der Waals surface area contributed by atoms with E-state index in [1.807, 2.05) is 48.3 Å². The molecule has 0 amide bonds. The maximum absolute atomic E-state index is 5.91. The number of aryl methyl sites for hydroxylation is 1. The number of halogens is 1. The minimum atomic E-state index is 0.112. The van der Waals surface area contributed by atoms with Crippen molar-refractivity contribution < 1.29 is 4.74 Å². The van der Waals surface area contributed by atoms with Crippen LogP contribution < -0.4 is 10.5 Å². The zero-order chi connectivity index (χ0) is 20.1. The fourth-order valence-corrected chi connectivity index (χ4v) is 3.89. The number of hydrogen-bond acceptors (Lipinski definition) is 6. The Balaban J connectivity index is 1.82. The molecule has 4 heterocycles. The zero-order valence-electron chi connectivity index (χ0n) is 15.6. The highest BCUT2D eigenvalue weighted by molar-refractivity contribution is 9.10. The van der Waals surface area contributed by atoms with Crippen LogP contribution in [0, 0.1) is 0 Å². The molecule has 0 aliphatic heterocycles. The van der Waals surface area contributed by atoms with Gasteiger partial charge in [-0.25, -0.2) is 9.97 Å². The summed E-state index contributed by atoms with van der Waals surface area (Å²) in [6, 6.07) is 7.85. The quantitative estimate of drug-likeness (QED) is 0.432. The van der Waals surface area contributed by atoms with E-state index in [9.17, 15) is 0 Å². The first kappa shape index (κ1) is 17.6. The van der Waals surface area contributed by atoms with Gasteiger partial charge in [-0.1, -0.05) is 0 Å².